The molecule has 1 aliphatic heterocycles. The molecule has 2 heterocycles. The van der Waals surface area contributed by atoms with Gasteiger partial charge in [-0.1, -0.05) is 42.5 Å². The molecule has 0 unspecified atom stereocenters. The zero-order valence-corrected chi connectivity index (χ0v) is 14.4. The number of amides is 2. The summed E-state index contributed by atoms with van der Waals surface area (Å²) in [6.07, 6.45) is 2.70. The molecule has 4 N–H and O–H groups in total. The van der Waals surface area contributed by atoms with Crippen LogP contribution in [0, 0.1) is 0 Å². The molecule has 26 heavy (non-hydrogen) atoms. The quantitative estimate of drug-likeness (QED) is 0.585. The highest BCUT2D eigenvalue weighted by Crippen LogP contribution is 2.23. The number of aromatic amines is 1. The van der Waals surface area contributed by atoms with Crippen LogP contribution in [0.5, 0.6) is 0 Å². The summed E-state index contributed by atoms with van der Waals surface area (Å²) >= 11 is 0. The normalized spacial score (nSPS) is 13.1. The van der Waals surface area contributed by atoms with Gasteiger partial charge in [0.25, 0.3) is 0 Å². The van der Waals surface area contributed by atoms with E-state index in [9.17, 15) is 4.79 Å². The third-order valence-electron chi connectivity index (χ3n) is 4.52. The van der Waals surface area contributed by atoms with Crippen LogP contribution in [0.25, 0.3) is 11.3 Å². The zero-order chi connectivity index (χ0) is 17.8. The number of imidazole rings is 1. The Labute approximate surface area is 152 Å². The third kappa shape index (κ3) is 3.60. The number of nitrogens with one attached hydrogen (secondary N) is 4. The molecule has 0 fully saturated rings. The van der Waals surface area contributed by atoms with Crippen LogP contribution in [-0.4, -0.2) is 22.5 Å². The summed E-state index contributed by atoms with van der Waals surface area (Å²) in [5.41, 5.74) is 5.34. The molecule has 6 heteroatoms. The molecule has 1 aromatic heterocycles. The summed E-state index contributed by atoms with van der Waals surface area (Å²) in [4.78, 5) is 19.8. The largest absolute Gasteiger partial charge is 0.341 e. The van der Waals surface area contributed by atoms with Crippen molar-refractivity contribution >= 4 is 11.7 Å². The first-order chi connectivity index (χ1) is 12.8. The van der Waals surface area contributed by atoms with Crippen LogP contribution in [0.1, 0.15) is 17.0 Å². The number of rotatable bonds is 4. The Morgan fingerprint density at radius 3 is 2.88 bits per heavy atom. The lowest BCUT2D eigenvalue weighted by Crippen LogP contribution is -2.30. The van der Waals surface area contributed by atoms with Gasteiger partial charge >= 0.3 is 6.03 Å². The highest BCUT2D eigenvalue weighted by molar-refractivity contribution is 5.90. The van der Waals surface area contributed by atoms with Crippen molar-refractivity contribution in [3.8, 4) is 11.3 Å². The predicted molar refractivity (Wildman–Crippen MR) is 102 cm³/mol. The number of benzene rings is 2. The molecular formula is C20H21N5O. The Bertz CT molecular complexity index is 904. The van der Waals surface area contributed by atoms with Gasteiger partial charge in [-0.2, -0.15) is 0 Å². The molecular weight excluding hydrogens is 326 g/mol. The van der Waals surface area contributed by atoms with Crippen molar-refractivity contribution in [2.75, 3.05) is 11.9 Å². The van der Waals surface area contributed by atoms with E-state index in [-0.39, 0.29) is 6.03 Å². The minimum Gasteiger partial charge on any atom is -0.341 e. The van der Waals surface area contributed by atoms with E-state index in [1.165, 1.54) is 11.1 Å². The molecule has 1 aliphatic rings. The number of H-pyrrole nitrogens is 1. The van der Waals surface area contributed by atoms with E-state index in [4.69, 9.17) is 0 Å². The minimum absolute atomic E-state index is 0.227. The monoisotopic (exact) mass is 347 g/mol. The summed E-state index contributed by atoms with van der Waals surface area (Å²) in [7, 11) is 0. The van der Waals surface area contributed by atoms with Crippen LogP contribution >= 0.6 is 0 Å². The number of anilines is 1. The van der Waals surface area contributed by atoms with E-state index >= 15 is 0 Å². The molecule has 0 bridgehead atoms. The first-order valence-electron chi connectivity index (χ1n) is 8.75. The summed E-state index contributed by atoms with van der Waals surface area (Å²) in [6.45, 7) is 2.12. The molecule has 0 saturated heterocycles. The minimum atomic E-state index is -0.227. The number of carbonyl (C=O) groups is 1. The lowest BCUT2D eigenvalue weighted by Gasteiger charge is -2.20. The van der Waals surface area contributed by atoms with Crippen molar-refractivity contribution in [1.82, 2.24) is 20.6 Å². The van der Waals surface area contributed by atoms with E-state index < -0.39 is 0 Å². The van der Waals surface area contributed by atoms with Gasteiger partial charge in [-0.15, -0.1) is 0 Å². The Hall–Kier alpha value is -3.12. The van der Waals surface area contributed by atoms with Gasteiger partial charge in [0, 0.05) is 12.2 Å². The second-order valence-corrected chi connectivity index (χ2v) is 6.29. The van der Waals surface area contributed by atoms with Gasteiger partial charge < -0.3 is 20.9 Å². The van der Waals surface area contributed by atoms with Gasteiger partial charge in [0.1, 0.15) is 5.82 Å². The van der Waals surface area contributed by atoms with Crippen LogP contribution in [0.4, 0.5) is 10.5 Å². The standard InChI is InChI=1S/C20H21N5O/c26-20(25-17-8-4-7-15-11-21-10-9-16(15)17)23-13-19-22-12-18(24-19)14-5-2-1-3-6-14/h1-8,12,21H,9-11,13H2,(H,22,24)(H2,23,25,26). The number of urea groups is 1. The van der Waals surface area contributed by atoms with E-state index in [1.54, 1.807) is 6.20 Å². The summed E-state index contributed by atoms with van der Waals surface area (Å²) in [6, 6.07) is 15.8. The fraction of sp³-hybridized carbons (Fsp3) is 0.200. The van der Waals surface area contributed by atoms with Crippen LogP contribution < -0.4 is 16.0 Å². The first-order valence-corrected chi connectivity index (χ1v) is 8.75. The Kier molecular flexibility index (Phi) is 4.66. The molecule has 4 rings (SSSR count). The first kappa shape index (κ1) is 16.4. The summed E-state index contributed by atoms with van der Waals surface area (Å²) in [5.74, 6) is 0.721. The lowest BCUT2D eigenvalue weighted by molar-refractivity contribution is 0.251. The maximum Gasteiger partial charge on any atom is 0.319 e. The molecule has 2 amide bonds. The number of fused-ring (bicyclic) bond motifs is 1. The van der Waals surface area contributed by atoms with Crippen molar-refractivity contribution < 1.29 is 4.79 Å². The molecule has 0 radical (unpaired) electrons. The average Bonchev–Trinajstić information content (AvgIpc) is 3.17. The molecule has 0 atom stereocenters. The van der Waals surface area contributed by atoms with Gasteiger partial charge in [0.2, 0.25) is 0 Å². The van der Waals surface area contributed by atoms with Crippen molar-refractivity contribution in [1.29, 1.82) is 0 Å². The number of carbonyl (C=O) groups excluding carboxylic acids is 1. The van der Waals surface area contributed by atoms with Crippen LogP contribution in [0.15, 0.2) is 54.7 Å². The third-order valence-corrected chi connectivity index (χ3v) is 4.52. The van der Waals surface area contributed by atoms with Crippen LogP contribution in [0.3, 0.4) is 0 Å². The topological polar surface area (TPSA) is 81.8 Å². The van der Waals surface area contributed by atoms with Gasteiger partial charge in [-0.25, -0.2) is 9.78 Å². The molecule has 6 nitrogen and oxygen atoms in total. The second kappa shape index (κ2) is 7.41. The van der Waals surface area contributed by atoms with Crippen LogP contribution in [0.2, 0.25) is 0 Å². The molecule has 2 aromatic carbocycles. The highest BCUT2D eigenvalue weighted by Gasteiger charge is 2.14. The molecule has 0 spiro atoms. The lowest BCUT2D eigenvalue weighted by atomic mass is 9.99. The van der Waals surface area contributed by atoms with Crippen molar-refractivity contribution in [3.05, 3.63) is 71.7 Å². The molecule has 0 aliphatic carbocycles. The molecule has 132 valence electrons. The van der Waals surface area contributed by atoms with E-state index in [0.717, 1.165) is 42.3 Å². The van der Waals surface area contributed by atoms with Crippen molar-refractivity contribution in [2.24, 2.45) is 0 Å². The summed E-state index contributed by atoms with van der Waals surface area (Å²) in [5, 5.41) is 9.16. The maximum atomic E-state index is 12.3. The highest BCUT2D eigenvalue weighted by atomic mass is 16.2. The maximum absolute atomic E-state index is 12.3. The number of hydrogen-bond donors (Lipinski definition) is 4. The number of nitrogens with zero attached hydrogens (tertiary/aromatic N) is 1. The van der Waals surface area contributed by atoms with Crippen molar-refractivity contribution in [3.63, 3.8) is 0 Å². The number of hydrogen-bond acceptors (Lipinski definition) is 3. The van der Waals surface area contributed by atoms with Gasteiger partial charge in [-0.3, -0.25) is 0 Å². The van der Waals surface area contributed by atoms with E-state index in [0.29, 0.717) is 6.54 Å². The Morgan fingerprint density at radius 1 is 1.12 bits per heavy atom. The fourth-order valence-electron chi connectivity index (χ4n) is 3.20. The van der Waals surface area contributed by atoms with Gasteiger partial charge in [0.05, 0.1) is 18.4 Å². The van der Waals surface area contributed by atoms with Gasteiger partial charge in [0.15, 0.2) is 0 Å². The molecule has 3 aromatic rings. The van der Waals surface area contributed by atoms with E-state index in [1.807, 2.05) is 42.5 Å². The Morgan fingerprint density at radius 2 is 2.00 bits per heavy atom. The molecule has 0 saturated carbocycles. The second-order valence-electron chi connectivity index (χ2n) is 6.29. The van der Waals surface area contributed by atoms with Crippen molar-refractivity contribution in [2.45, 2.75) is 19.5 Å². The van der Waals surface area contributed by atoms with E-state index in [2.05, 4.69) is 32.0 Å². The zero-order valence-electron chi connectivity index (χ0n) is 14.4. The summed E-state index contributed by atoms with van der Waals surface area (Å²) < 4.78 is 0. The SMILES string of the molecule is O=C(NCc1ncc(-c2ccccc2)[nH]1)Nc1cccc2c1CCNC2. The Balaban J connectivity index is 1.37. The number of aromatic nitrogens is 2. The van der Waals surface area contributed by atoms with Crippen LogP contribution in [-0.2, 0) is 19.5 Å². The predicted octanol–water partition coefficient (Wildman–Crippen LogP) is 3.04. The smallest absolute Gasteiger partial charge is 0.319 e. The van der Waals surface area contributed by atoms with Gasteiger partial charge in [-0.05, 0) is 35.7 Å². The fourth-order valence-corrected chi connectivity index (χ4v) is 3.20. The average molecular weight is 347 g/mol.